The molecule has 0 unspecified atom stereocenters. The molecule has 0 fully saturated rings. The van der Waals surface area contributed by atoms with E-state index < -0.39 is 0 Å². The third kappa shape index (κ3) is 3.10. The molecule has 1 N–H and O–H groups in total. The zero-order valence-corrected chi connectivity index (χ0v) is 11.2. The molecule has 2 aromatic carbocycles. The Balaban J connectivity index is 2.24. The first-order valence-corrected chi connectivity index (χ1v) is 6.23. The van der Waals surface area contributed by atoms with Crippen molar-refractivity contribution < 1.29 is 4.79 Å². The normalized spacial score (nSPS) is 11.5. The fourth-order valence-corrected chi connectivity index (χ4v) is 2.01. The number of benzene rings is 2. The minimum atomic E-state index is 0.00860. The molecule has 2 aromatic rings. The van der Waals surface area contributed by atoms with Crippen molar-refractivity contribution in [3.8, 4) is 0 Å². The van der Waals surface area contributed by atoms with Gasteiger partial charge in [0.1, 0.15) is 0 Å². The summed E-state index contributed by atoms with van der Waals surface area (Å²) in [5, 5.41) is 5.23. The summed E-state index contributed by atoms with van der Waals surface area (Å²) in [4.78, 5) is 12.0. The van der Waals surface area contributed by atoms with Crippen molar-refractivity contribution in [1.29, 1.82) is 0 Å². The zero-order valence-electron chi connectivity index (χ0n) is 11.2. The second kappa shape index (κ2) is 4.81. The number of nitrogens with one attached hydrogen (secondary N) is 1. The van der Waals surface area contributed by atoms with E-state index >= 15 is 0 Å². The molecular weight excluding hydrogens is 222 g/mol. The van der Waals surface area contributed by atoms with Gasteiger partial charge in [-0.1, -0.05) is 57.2 Å². The van der Waals surface area contributed by atoms with Crippen LogP contribution in [-0.4, -0.2) is 5.91 Å². The minimum absolute atomic E-state index is 0.00860. The molecule has 0 heterocycles. The van der Waals surface area contributed by atoms with Crippen LogP contribution in [-0.2, 0) is 4.79 Å². The van der Waals surface area contributed by atoms with Crippen LogP contribution in [0.25, 0.3) is 10.8 Å². The van der Waals surface area contributed by atoms with Crippen LogP contribution in [0.15, 0.2) is 42.5 Å². The van der Waals surface area contributed by atoms with Crippen molar-refractivity contribution in [2.24, 2.45) is 5.41 Å². The van der Waals surface area contributed by atoms with Crippen LogP contribution in [0.5, 0.6) is 0 Å². The molecule has 0 atom stereocenters. The molecule has 0 aliphatic carbocycles. The van der Waals surface area contributed by atoms with Gasteiger partial charge in [-0.3, -0.25) is 4.79 Å². The summed E-state index contributed by atoms with van der Waals surface area (Å²) in [6.45, 7) is 6.20. The van der Waals surface area contributed by atoms with Crippen molar-refractivity contribution >= 4 is 22.4 Å². The number of carbonyl (C=O) groups excluding carboxylic acids is 1. The van der Waals surface area contributed by atoms with Gasteiger partial charge in [0.15, 0.2) is 0 Å². The predicted molar refractivity (Wildman–Crippen MR) is 76.6 cm³/mol. The Morgan fingerprint density at radius 3 is 2.44 bits per heavy atom. The van der Waals surface area contributed by atoms with Crippen molar-refractivity contribution in [3.05, 3.63) is 42.5 Å². The van der Waals surface area contributed by atoms with E-state index in [1.807, 2.05) is 30.3 Å². The SMILES string of the molecule is CC(C)(C)CC(=O)Nc1cccc2ccccc12. The summed E-state index contributed by atoms with van der Waals surface area (Å²) >= 11 is 0. The second-order valence-corrected chi connectivity index (χ2v) is 5.81. The topological polar surface area (TPSA) is 29.1 Å². The second-order valence-electron chi connectivity index (χ2n) is 5.81. The lowest BCUT2D eigenvalue weighted by atomic mass is 9.92. The lowest BCUT2D eigenvalue weighted by Crippen LogP contribution is -2.19. The molecule has 0 saturated carbocycles. The quantitative estimate of drug-likeness (QED) is 0.838. The maximum absolute atomic E-state index is 12.0. The molecule has 0 aromatic heterocycles. The molecule has 2 rings (SSSR count). The number of carbonyl (C=O) groups is 1. The first-order chi connectivity index (χ1) is 8.46. The number of hydrogen-bond donors (Lipinski definition) is 1. The van der Waals surface area contributed by atoms with Crippen LogP contribution in [0.2, 0.25) is 0 Å². The Morgan fingerprint density at radius 2 is 1.72 bits per heavy atom. The fourth-order valence-electron chi connectivity index (χ4n) is 2.01. The summed E-state index contributed by atoms with van der Waals surface area (Å²) < 4.78 is 0. The summed E-state index contributed by atoms with van der Waals surface area (Å²) in [7, 11) is 0. The van der Waals surface area contributed by atoms with Gasteiger partial charge in [-0.05, 0) is 16.9 Å². The molecule has 0 spiro atoms. The van der Waals surface area contributed by atoms with Gasteiger partial charge < -0.3 is 5.32 Å². The van der Waals surface area contributed by atoms with Crippen molar-refractivity contribution in [1.82, 2.24) is 0 Å². The molecule has 0 saturated heterocycles. The van der Waals surface area contributed by atoms with Gasteiger partial charge in [0, 0.05) is 17.5 Å². The van der Waals surface area contributed by atoms with Gasteiger partial charge in [-0.15, -0.1) is 0 Å². The van der Waals surface area contributed by atoms with E-state index in [0.717, 1.165) is 16.5 Å². The van der Waals surface area contributed by atoms with E-state index in [0.29, 0.717) is 6.42 Å². The number of anilines is 1. The maximum atomic E-state index is 12.0. The molecule has 1 amide bonds. The highest BCUT2D eigenvalue weighted by atomic mass is 16.1. The first kappa shape index (κ1) is 12.6. The number of rotatable bonds is 2. The molecule has 18 heavy (non-hydrogen) atoms. The van der Waals surface area contributed by atoms with E-state index in [4.69, 9.17) is 0 Å². The molecule has 2 heteroatoms. The number of amides is 1. The average Bonchev–Trinajstić information content (AvgIpc) is 2.27. The van der Waals surface area contributed by atoms with Gasteiger partial charge in [0.05, 0.1) is 0 Å². The molecule has 2 nitrogen and oxygen atoms in total. The summed E-state index contributed by atoms with van der Waals surface area (Å²) in [5.41, 5.74) is 0.900. The van der Waals surface area contributed by atoms with Crippen LogP contribution in [0, 0.1) is 5.41 Å². The van der Waals surface area contributed by atoms with Crippen molar-refractivity contribution in [3.63, 3.8) is 0 Å². The largest absolute Gasteiger partial charge is 0.325 e. The summed E-state index contributed by atoms with van der Waals surface area (Å²) in [6, 6.07) is 14.0. The zero-order chi connectivity index (χ0) is 13.2. The van der Waals surface area contributed by atoms with Crippen LogP contribution in [0.3, 0.4) is 0 Å². The van der Waals surface area contributed by atoms with E-state index in [1.54, 1.807) is 0 Å². The van der Waals surface area contributed by atoms with Gasteiger partial charge >= 0.3 is 0 Å². The Hall–Kier alpha value is -1.83. The van der Waals surface area contributed by atoms with E-state index in [1.165, 1.54) is 0 Å². The predicted octanol–water partition coefficient (Wildman–Crippen LogP) is 4.21. The lowest BCUT2D eigenvalue weighted by molar-refractivity contribution is -0.117. The fraction of sp³-hybridized carbons (Fsp3) is 0.312. The smallest absolute Gasteiger partial charge is 0.224 e. The van der Waals surface area contributed by atoms with Crippen LogP contribution >= 0.6 is 0 Å². The highest BCUT2D eigenvalue weighted by molar-refractivity contribution is 6.02. The van der Waals surface area contributed by atoms with Gasteiger partial charge in [-0.25, -0.2) is 0 Å². The highest BCUT2D eigenvalue weighted by Gasteiger charge is 2.16. The van der Waals surface area contributed by atoms with Crippen molar-refractivity contribution in [2.45, 2.75) is 27.2 Å². The van der Waals surface area contributed by atoms with Gasteiger partial charge in [0.2, 0.25) is 5.91 Å². The van der Waals surface area contributed by atoms with Gasteiger partial charge in [0.25, 0.3) is 0 Å². The van der Waals surface area contributed by atoms with E-state index in [2.05, 4.69) is 38.2 Å². The molecule has 0 aliphatic rings. The number of hydrogen-bond acceptors (Lipinski definition) is 1. The Labute approximate surface area is 108 Å². The highest BCUT2D eigenvalue weighted by Crippen LogP contribution is 2.25. The molecular formula is C16H19NO. The Kier molecular flexibility index (Phi) is 3.37. The van der Waals surface area contributed by atoms with E-state index in [-0.39, 0.29) is 11.3 Å². The maximum Gasteiger partial charge on any atom is 0.224 e. The first-order valence-electron chi connectivity index (χ1n) is 6.23. The summed E-state index contributed by atoms with van der Waals surface area (Å²) in [6.07, 6.45) is 0.524. The molecule has 94 valence electrons. The lowest BCUT2D eigenvalue weighted by Gasteiger charge is -2.17. The molecule has 0 bridgehead atoms. The third-order valence-electron chi connectivity index (χ3n) is 2.75. The van der Waals surface area contributed by atoms with Gasteiger partial charge in [-0.2, -0.15) is 0 Å². The standard InChI is InChI=1S/C16H19NO/c1-16(2,3)11-15(18)17-14-10-6-8-12-7-4-5-9-13(12)14/h4-10H,11H2,1-3H3,(H,17,18). The molecule has 0 radical (unpaired) electrons. The monoisotopic (exact) mass is 241 g/mol. The summed E-state index contributed by atoms with van der Waals surface area (Å²) in [5.74, 6) is 0.0684. The average molecular weight is 241 g/mol. The van der Waals surface area contributed by atoms with Crippen LogP contribution in [0.4, 0.5) is 5.69 Å². The molecule has 0 aliphatic heterocycles. The van der Waals surface area contributed by atoms with E-state index in [9.17, 15) is 4.79 Å². The minimum Gasteiger partial charge on any atom is -0.325 e. The Morgan fingerprint density at radius 1 is 1.06 bits per heavy atom. The third-order valence-corrected chi connectivity index (χ3v) is 2.75. The van der Waals surface area contributed by atoms with Crippen LogP contribution in [0.1, 0.15) is 27.2 Å². The number of fused-ring (bicyclic) bond motifs is 1. The van der Waals surface area contributed by atoms with Crippen molar-refractivity contribution in [2.75, 3.05) is 5.32 Å². The van der Waals surface area contributed by atoms with Crippen LogP contribution < -0.4 is 5.32 Å². The Bertz CT molecular complexity index is 561.